The first-order valence-corrected chi connectivity index (χ1v) is 5.11. The predicted molar refractivity (Wildman–Crippen MR) is 50.2 cm³/mol. The summed E-state index contributed by atoms with van der Waals surface area (Å²) < 4.78 is 0. The summed E-state index contributed by atoms with van der Waals surface area (Å²) in [6.45, 7) is 2.57. The minimum absolute atomic E-state index is 0.840. The van der Waals surface area contributed by atoms with Crippen molar-refractivity contribution >= 4 is 11.6 Å². The van der Waals surface area contributed by atoms with Crippen molar-refractivity contribution in [1.82, 2.24) is 4.90 Å². The van der Waals surface area contributed by atoms with Crippen LogP contribution >= 0.6 is 11.6 Å². The Balaban J connectivity index is 2.07. The van der Waals surface area contributed by atoms with E-state index in [1.807, 2.05) is 0 Å². The van der Waals surface area contributed by atoms with E-state index in [1.54, 1.807) is 0 Å². The third-order valence-electron chi connectivity index (χ3n) is 2.58. The second kappa shape index (κ2) is 5.00. The Labute approximate surface area is 74.7 Å². The van der Waals surface area contributed by atoms with Gasteiger partial charge in [0.2, 0.25) is 0 Å². The maximum Gasteiger partial charge on any atom is 0.0223 e. The number of likely N-dealkylation sites (tertiary alicyclic amines) is 1. The van der Waals surface area contributed by atoms with Gasteiger partial charge in [-0.3, -0.25) is 0 Å². The van der Waals surface area contributed by atoms with Crippen molar-refractivity contribution < 1.29 is 0 Å². The molecule has 0 spiro atoms. The number of rotatable bonds is 3. The summed E-state index contributed by atoms with van der Waals surface area (Å²) in [4.78, 5) is 2.41. The molecule has 0 aromatic rings. The van der Waals surface area contributed by atoms with Gasteiger partial charge in [-0.15, -0.1) is 11.6 Å². The lowest BCUT2D eigenvalue weighted by molar-refractivity contribution is 0.212. The number of halogens is 1. The molecule has 66 valence electrons. The van der Waals surface area contributed by atoms with E-state index in [2.05, 4.69) is 11.9 Å². The second-order valence-corrected chi connectivity index (χ2v) is 3.96. The van der Waals surface area contributed by atoms with E-state index in [0.29, 0.717) is 0 Å². The van der Waals surface area contributed by atoms with Crippen LogP contribution in [-0.4, -0.2) is 30.9 Å². The Morgan fingerprint density at radius 3 is 2.55 bits per heavy atom. The average molecular weight is 176 g/mol. The third-order valence-corrected chi connectivity index (χ3v) is 2.85. The summed E-state index contributed by atoms with van der Waals surface area (Å²) in [6, 6.07) is 0. The van der Waals surface area contributed by atoms with Gasteiger partial charge in [0.25, 0.3) is 0 Å². The van der Waals surface area contributed by atoms with Crippen LogP contribution in [0.3, 0.4) is 0 Å². The van der Waals surface area contributed by atoms with Gasteiger partial charge in [0.05, 0.1) is 0 Å². The van der Waals surface area contributed by atoms with E-state index in [-0.39, 0.29) is 0 Å². The largest absolute Gasteiger partial charge is 0.306 e. The smallest absolute Gasteiger partial charge is 0.0223 e. The number of hydrogen-bond acceptors (Lipinski definition) is 1. The molecule has 0 atom stereocenters. The van der Waals surface area contributed by atoms with E-state index >= 15 is 0 Å². The fourth-order valence-electron chi connectivity index (χ4n) is 1.72. The highest BCUT2D eigenvalue weighted by Crippen LogP contribution is 2.20. The summed E-state index contributed by atoms with van der Waals surface area (Å²) in [5, 5.41) is 0. The molecule has 0 aromatic carbocycles. The van der Waals surface area contributed by atoms with Crippen molar-refractivity contribution in [2.24, 2.45) is 5.92 Å². The summed E-state index contributed by atoms with van der Waals surface area (Å²) in [7, 11) is 2.21. The van der Waals surface area contributed by atoms with Crippen LogP contribution in [0.15, 0.2) is 0 Å². The highest BCUT2D eigenvalue weighted by molar-refractivity contribution is 6.17. The molecule has 0 bridgehead atoms. The lowest BCUT2D eigenvalue weighted by atomic mass is 9.93. The van der Waals surface area contributed by atoms with Crippen LogP contribution < -0.4 is 0 Å². The summed E-state index contributed by atoms with van der Waals surface area (Å²) in [5.74, 6) is 1.80. The maximum atomic E-state index is 5.64. The predicted octanol–water partition coefficient (Wildman–Crippen LogP) is 2.35. The molecular formula is C9H18ClN. The van der Waals surface area contributed by atoms with E-state index in [0.717, 1.165) is 11.8 Å². The third kappa shape index (κ3) is 3.44. The molecule has 0 N–H and O–H groups in total. The van der Waals surface area contributed by atoms with Gasteiger partial charge < -0.3 is 4.90 Å². The molecule has 0 radical (unpaired) electrons. The summed E-state index contributed by atoms with van der Waals surface area (Å²) in [5.41, 5.74) is 0. The van der Waals surface area contributed by atoms with Crippen molar-refractivity contribution in [1.29, 1.82) is 0 Å². The first kappa shape index (κ1) is 9.34. The van der Waals surface area contributed by atoms with Crippen LogP contribution in [0.5, 0.6) is 0 Å². The van der Waals surface area contributed by atoms with Gasteiger partial charge in [-0.1, -0.05) is 0 Å². The van der Waals surface area contributed by atoms with Gasteiger partial charge in [0.1, 0.15) is 0 Å². The van der Waals surface area contributed by atoms with Crippen LogP contribution in [0.1, 0.15) is 25.7 Å². The van der Waals surface area contributed by atoms with Crippen molar-refractivity contribution in [2.75, 3.05) is 26.0 Å². The molecule has 2 heteroatoms. The van der Waals surface area contributed by atoms with Gasteiger partial charge in [-0.05, 0) is 51.7 Å². The highest BCUT2D eigenvalue weighted by Gasteiger charge is 2.15. The van der Waals surface area contributed by atoms with Gasteiger partial charge in [-0.25, -0.2) is 0 Å². The number of alkyl halides is 1. The van der Waals surface area contributed by atoms with E-state index in [9.17, 15) is 0 Å². The van der Waals surface area contributed by atoms with Crippen molar-refractivity contribution in [2.45, 2.75) is 25.7 Å². The van der Waals surface area contributed by atoms with E-state index in [1.165, 1.54) is 38.8 Å². The molecule has 1 rings (SSSR count). The molecule has 1 aliphatic rings. The molecule has 11 heavy (non-hydrogen) atoms. The number of piperidine rings is 1. The summed E-state index contributed by atoms with van der Waals surface area (Å²) in [6.07, 6.45) is 5.31. The second-order valence-electron chi connectivity index (χ2n) is 3.58. The standard InChI is InChI=1S/C9H18ClN/c1-11-7-4-9(5-8-11)3-2-6-10/h9H,2-8H2,1H3. The molecule has 1 nitrogen and oxygen atoms in total. The van der Waals surface area contributed by atoms with Crippen LogP contribution in [0.25, 0.3) is 0 Å². The summed E-state index contributed by atoms with van der Waals surface area (Å²) >= 11 is 5.64. The lowest BCUT2D eigenvalue weighted by Crippen LogP contribution is -2.30. The van der Waals surface area contributed by atoms with E-state index in [4.69, 9.17) is 11.6 Å². The molecule has 1 fully saturated rings. The molecular weight excluding hydrogens is 158 g/mol. The topological polar surface area (TPSA) is 3.24 Å². The first-order valence-electron chi connectivity index (χ1n) is 4.57. The van der Waals surface area contributed by atoms with Crippen LogP contribution in [0.2, 0.25) is 0 Å². The molecule has 0 saturated carbocycles. The minimum atomic E-state index is 0.840. The molecule has 1 aliphatic heterocycles. The van der Waals surface area contributed by atoms with Crippen molar-refractivity contribution in [3.05, 3.63) is 0 Å². The zero-order chi connectivity index (χ0) is 8.10. The SMILES string of the molecule is CN1CCC(CCCCl)CC1. The fourth-order valence-corrected chi connectivity index (χ4v) is 1.87. The number of nitrogens with zero attached hydrogens (tertiary/aromatic N) is 1. The fraction of sp³-hybridized carbons (Fsp3) is 1.00. The highest BCUT2D eigenvalue weighted by atomic mass is 35.5. The lowest BCUT2D eigenvalue weighted by Gasteiger charge is -2.28. The van der Waals surface area contributed by atoms with Gasteiger partial charge in [0.15, 0.2) is 0 Å². The molecule has 0 amide bonds. The van der Waals surface area contributed by atoms with E-state index < -0.39 is 0 Å². The molecule has 0 aliphatic carbocycles. The normalized spacial score (nSPS) is 22.4. The average Bonchev–Trinajstić information content (AvgIpc) is 2.04. The van der Waals surface area contributed by atoms with Crippen molar-refractivity contribution in [3.8, 4) is 0 Å². The first-order chi connectivity index (χ1) is 5.33. The molecule has 0 aromatic heterocycles. The molecule has 1 heterocycles. The molecule has 1 saturated heterocycles. The molecule has 0 unspecified atom stereocenters. The Hall–Kier alpha value is 0.250. The maximum absolute atomic E-state index is 5.64. The van der Waals surface area contributed by atoms with Crippen molar-refractivity contribution in [3.63, 3.8) is 0 Å². The van der Waals surface area contributed by atoms with Gasteiger partial charge >= 0.3 is 0 Å². The number of hydrogen-bond donors (Lipinski definition) is 0. The van der Waals surface area contributed by atoms with Crippen LogP contribution in [-0.2, 0) is 0 Å². The Morgan fingerprint density at radius 2 is 2.00 bits per heavy atom. The van der Waals surface area contributed by atoms with Gasteiger partial charge in [0, 0.05) is 5.88 Å². The van der Waals surface area contributed by atoms with Crippen LogP contribution in [0.4, 0.5) is 0 Å². The Morgan fingerprint density at radius 1 is 1.36 bits per heavy atom. The minimum Gasteiger partial charge on any atom is -0.306 e. The quantitative estimate of drug-likeness (QED) is 0.596. The zero-order valence-corrected chi connectivity index (χ0v) is 8.11. The Bertz CT molecular complexity index is 95.0. The van der Waals surface area contributed by atoms with Crippen LogP contribution in [0, 0.1) is 5.92 Å². The zero-order valence-electron chi connectivity index (χ0n) is 7.35. The monoisotopic (exact) mass is 175 g/mol. The van der Waals surface area contributed by atoms with Gasteiger partial charge in [-0.2, -0.15) is 0 Å². The Kier molecular flexibility index (Phi) is 4.24.